The SMILES string of the molecule is CCOc1c(/C=N\NC(=O)Cc2cc(Cl)ccc2SC)cccc1OC. The number of carbonyl (C=O) groups excluding carboxylic acids is 1. The second-order valence-corrected chi connectivity index (χ2v) is 6.52. The van der Waals surface area contributed by atoms with Crippen LogP contribution in [0.5, 0.6) is 11.5 Å². The molecule has 1 amide bonds. The second kappa shape index (κ2) is 10.1. The van der Waals surface area contributed by atoms with Gasteiger partial charge >= 0.3 is 0 Å². The van der Waals surface area contributed by atoms with Crippen LogP contribution in [0.3, 0.4) is 0 Å². The number of para-hydroxylation sites is 1. The van der Waals surface area contributed by atoms with E-state index in [1.54, 1.807) is 31.2 Å². The lowest BCUT2D eigenvalue weighted by molar-refractivity contribution is -0.120. The highest BCUT2D eigenvalue weighted by Gasteiger charge is 2.10. The summed E-state index contributed by atoms with van der Waals surface area (Å²) < 4.78 is 10.9. The highest BCUT2D eigenvalue weighted by Crippen LogP contribution is 2.30. The Hall–Kier alpha value is -2.18. The van der Waals surface area contributed by atoms with Crippen LogP contribution in [0, 0.1) is 0 Å². The number of thioether (sulfide) groups is 1. The van der Waals surface area contributed by atoms with Crippen LogP contribution in [-0.4, -0.2) is 32.1 Å². The van der Waals surface area contributed by atoms with Gasteiger partial charge in [-0.15, -0.1) is 11.8 Å². The molecule has 2 aromatic rings. The van der Waals surface area contributed by atoms with Gasteiger partial charge in [-0.05, 0) is 49.1 Å². The van der Waals surface area contributed by atoms with Crippen molar-refractivity contribution in [2.75, 3.05) is 20.0 Å². The van der Waals surface area contributed by atoms with Gasteiger partial charge in [-0.1, -0.05) is 17.7 Å². The number of benzene rings is 2. The molecule has 0 aliphatic rings. The Balaban J connectivity index is 2.07. The molecule has 2 aromatic carbocycles. The molecule has 0 unspecified atom stereocenters. The lowest BCUT2D eigenvalue weighted by Gasteiger charge is -2.11. The number of halogens is 1. The van der Waals surface area contributed by atoms with E-state index in [0.29, 0.717) is 23.1 Å². The molecule has 1 N–H and O–H groups in total. The standard InChI is InChI=1S/C19H21ClN2O3S/c1-4-25-19-13(6-5-7-16(19)24-2)12-21-22-18(23)11-14-10-15(20)8-9-17(14)26-3/h5-10,12H,4,11H2,1-3H3,(H,22,23)/b21-12-. The van der Waals surface area contributed by atoms with Crippen LogP contribution < -0.4 is 14.9 Å². The minimum Gasteiger partial charge on any atom is -0.493 e. The number of carbonyl (C=O) groups is 1. The van der Waals surface area contributed by atoms with Crippen molar-refractivity contribution in [3.8, 4) is 11.5 Å². The molecule has 2 rings (SSSR count). The molecule has 0 saturated carbocycles. The molecule has 0 heterocycles. The van der Waals surface area contributed by atoms with E-state index in [-0.39, 0.29) is 12.3 Å². The van der Waals surface area contributed by atoms with Crippen LogP contribution in [0.2, 0.25) is 5.02 Å². The maximum absolute atomic E-state index is 12.2. The molecular formula is C19H21ClN2O3S. The third-order valence-corrected chi connectivity index (χ3v) is 4.58. The largest absolute Gasteiger partial charge is 0.493 e. The fourth-order valence-electron chi connectivity index (χ4n) is 2.37. The highest BCUT2D eigenvalue weighted by molar-refractivity contribution is 7.98. The summed E-state index contributed by atoms with van der Waals surface area (Å²) in [6, 6.07) is 11.0. The Morgan fingerprint density at radius 1 is 1.35 bits per heavy atom. The fraction of sp³-hybridized carbons (Fsp3) is 0.263. The predicted molar refractivity (Wildman–Crippen MR) is 107 cm³/mol. The summed E-state index contributed by atoms with van der Waals surface area (Å²) in [6.07, 6.45) is 3.70. The average molecular weight is 393 g/mol. The number of nitrogens with one attached hydrogen (secondary N) is 1. The minimum atomic E-state index is -0.223. The third kappa shape index (κ3) is 5.41. The number of nitrogens with zero attached hydrogens (tertiary/aromatic N) is 1. The number of methoxy groups -OCH3 is 1. The van der Waals surface area contributed by atoms with Gasteiger partial charge in [0.1, 0.15) is 0 Å². The Bertz CT molecular complexity index is 796. The van der Waals surface area contributed by atoms with Gasteiger partial charge in [-0.3, -0.25) is 4.79 Å². The molecule has 138 valence electrons. The summed E-state index contributed by atoms with van der Waals surface area (Å²) in [5.41, 5.74) is 4.13. The van der Waals surface area contributed by atoms with Crippen LogP contribution in [0.1, 0.15) is 18.1 Å². The van der Waals surface area contributed by atoms with Crippen molar-refractivity contribution < 1.29 is 14.3 Å². The van der Waals surface area contributed by atoms with Gasteiger partial charge in [0.25, 0.3) is 0 Å². The van der Waals surface area contributed by atoms with Crippen molar-refractivity contribution in [2.24, 2.45) is 5.10 Å². The molecular weight excluding hydrogens is 372 g/mol. The van der Waals surface area contributed by atoms with Crippen molar-refractivity contribution in [3.05, 3.63) is 52.5 Å². The summed E-state index contributed by atoms with van der Waals surface area (Å²) in [6.45, 7) is 2.39. The maximum atomic E-state index is 12.2. The van der Waals surface area contributed by atoms with Crippen molar-refractivity contribution in [2.45, 2.75) is 18.2 Å². The minimum absolute atomic E-state index is 0.199. The van der Waals surface area contributed by atoms with Gasteiger partial charge in [-0.2, -0.15) is 5.10 Å². The van der Waals surface area contributed by atoms with Crippen LogP contribution in [0.4, 0.5) is 0 Å². The van der Waals surface area contributed by atoms with E-state index in [9.17, 15) is 4.79 Å². The highest BCUT2D eigenvalue weighted by atomic mass is 35.5. The zero-order chi connectivity index (χ0) is 18.9. The molecule has 0 atom stereocenters. The summed E-state index contributed by atoms with van der Waals surface area (Å²) in [4.78, 5) is 13.2. The average Bonchev–Trinajstić information content (AvgIpc) is 2.63. The third-order valence-electron chi connectivity index (χ3n) is 3.50. The van der Waals surface area contributed by atoms with Crippen LogP contribution in [-0.2, 0) is 11.2 Å². The Morgan fingerprint density at radius 2 is 2.15 bits per heavy atom. The summed E-state index contributed by atoms with van der Waals surface area (Å²) in [7, 11) is 1.58. The van der Waals surface area contributed by atoms with Gasteiger partial charge in [-0.25, -0.2) is 5.43 Å². The Morgan fingerprint density at radius 3 is 2.85 bits per heavy atom. The molecule has 7 heteroatoms. The summed E-state index contributed by atoms with van der Waals surface area (Å²) in [5, 5.41) is 4.64. The van der Waals surface area contributed by atoms with Crippen LogP contribution in [0.15, 0.2) is 46.4 Å². The van der Waals surface area contributed by atoms with Gasteiger partial charge in [0.05, 0.1) is 26.4 Å². The lowest BCUT2D eigenvalue weighted by atomic mass is 10.1. The van der Waals surface area contributed by atoms with E-state index in [0.717, 1.165) is 16.0 Å². The molecule has 0 spiro atoms. The number of amides is 1. The molecule has 0 fully saturated rings. The van der Waals surface area contributed by atoms with E-state index < -0.39 is 0 Å². The Labute approximate surface area is 162 Å². The molecule has 0 radical (unpaired) electrons. The monoisotopic (exact) mass is 392 g/mol. The molecule has 0 aromatic heterocycles. The van der Waals surface area contributed by atoms with E-state index >= 15 is 0 Å². The first kappa shape index (κ1) is 20.1. The molecule has 26 heavy (non-hydrogen) atoms. The smallest absolute Gasteiger partial charge is 0.244 e. The Kier molecular flexibility index (Phi) is 7.81. The first-order valence-corrected chi connectivity index (χ1v) is 9.63. The van der Waals surface area contributed by atoms with Crippen LogP contribution >= 0.6 is 23.4 Å². The second-order valence-electron chi connectivity index (χ2n) is 5.24. The van der Waals surface area contributed by atoms with Crippen molar-refractivity contribution in [3.63, 3.8) is 0 Å². The van der Waals surface area contributed by atoms with Gasteiger partial charge in [0.15, 0.2) is 11.5 Å². The van der Waals surface area contributed by atoms with E-state index in [1.165, 1.54) is 0 Å². The molecule has 0 bridgehead atoms. The molecule has 0 saturated heterocycles. The zero-order valence-corrected chi connectivity index (χ0v) is 16.5. The predicted octanol–water partition coefficient (Wildman–Crippen LogP) is 4.16. The molecule has 0 aliphatic carbocycles. The number of hydrazone groups is 1. The normalized spacial score (nSPS) is 10.8. The van der Waals surface area contributed by atoms with Gasteiger partial charge in [0.2, 0.25) is 5.91 Å². The maximum Gasteiger partial charge on any atom is 0.244 e. The van der Waals surface area contributed by atoms with E-state index in [1.807, 2.05) is 43.5 Å². The lowest BCUT2D eigenvalue weighted by Crippen LogP contribution is -2.20. The summed E-state index contributed by atoms with van der Waals surface area (Å²) in [5.74, 6) is 0.986. The summed E-state index contributed by atoms with van der Waals surface area (Å²) >= 11 is 7.59. The van der Waals surface area contributed by atoms with Gasteiger partial charge < -0.3 is 9.47 Å². The zero-order valence-electron chi connectivity index (χ0n) is 14.9. The van der Waals surface area contributed by atoms with Crippen molar-refractivity contribution >= 4 is 35.5 Å². The van der Waals surface area contributed by atoms with Crippen molar-refractivity contribution in [1.29, 1.82) is 0 Å². The van der Waals surface area contributed by atoms with Gasteiger partial charge in [0, 0.05) is 15.5 Å². The molecule has 0 aliphatic heterocycles. The van der Waals surface area contributed by atoms with Crippen LogP contribution in [0.25, 0.3) is 0 Å². The quantitative estimate of drug-likeness (QED) is 0.416. The van der Waals surface area contributed by atoms with E-state index in [2.05, 4.69) is 10.5 Å². The number of hydrogen-bond acceptors (Lipinski definition) is 5. The first-order valence-electron chi connectivity index (χ1n) is 8.03. The topological polar surface area (TPSA) is 59.9 Å². The number of ether oxygens (including phenoxy) is 2. The number of rotatable bonds is 8. The number of hydrogen-bond donors (Lipinski definition) is 1. The van der Waals surface area contributed by atoms with E-state index in [4.69, 9.17) is 21.1 Å². The van der Waals surface area contributed by atoms with Crippen molar-refractivity contribution in [1.82, 2.24) is 5.43 Å². The first-order chi connectivity index (χ1) is 12.6. The fourth-order valence-corrected chi connectivity index (χ4v) is 3.16. The molecule has 5 nitrogen and oxygen atoms in total.